The van der Waals surface area contributed by atoms with Gasteiger partial charge < -0.3 is 10.1 Å². The summed E-state index contributed by atoms with van der Waals surface area (Å²) in [5, 5.41) is 11.8. The molecule has 1 N–H and O–H groups in total. The number of methoxy groups -OCH3 is 1. The number of esters is 1. The van der Waals surface area contributed by atoms with Crippen molar-refractivity contribution in [2.45, 2.75) is 18.9 Å². The molecule has 0 fully saturated rings. The van der Waals surface area contributed by atoms with E-state index in [1.807, 2.05) is 0 Å². The quantitative estimate of drug-likeness (QED) is 0.835. The molecule has 0 amide bonds. The first-order valence-corrected chi connectivity index (χ1v) is 7.79. The molecular weight excluding hydrogens is 342 g/mol. The fourth-order valence-electron chi connectivity index (χ4n) is 3.22. The van der Waals surface area contributed by atoms with Crippen LogP contribution < -0.4 is 5.32 Å². The predicted molar refractivity (Wildman–Crippen MR) is 89.0 cm³/mol. The maximum absolute atomic E-state index is 14.0. The van der Waals surface area contributed by atoms with Crippen LogP contribution in [0.4, 0.5) is 14.5 Å². The molecule has 3 rings (SSSR count). The Hall–Kier alpha value is -3.27. The van der Waals surface area contributed by atoms with E-state index < -0.39 is 35.3 Å². The first-order valence-electron chi connectivity index (χ1n) is 7.79. The van der Waals surface area contributed by atoms with Gasteiger partial charge in [-0.15, -0.1) is 0 Å². The first kappa shape index (κ1) is 17.5. The van der Waals surface area contributed by atoms with E-state index in [2.05, 4.69) is 10.1 Å². The van der Waals surface area contributed by atoms with Gasteiger partial charge in [0.15, 0.2) is 5.78 Å². The van der Waals surface area contributed by atoms with Gasteiger partial charge in [0.25, 0.3) is 0 Å². The molecule has 0 saturated heterocycles. The zero-order valence-corrected chi connectivity index (χ0v) is 14.0. The van der Waals surface area contributed by atoms with Crippen LogP contribution in [0.5, 0.6) is 0 Å². The lowest BCUT2D eigenvalue weighted by Gasteiger charge is -2.32. The smallest absolute Gasteiger partial charge is 0.338 e. The molecule has 0 spiro atoms. The van der Waals surface area contributed by atoms with Gasteiger partial charge in [-0.25, -0.2) is 13.6 Å². The molecule has 2 aromatic rings. The van der Waals surface area contributed by atoms with E-state index in [4.69, 9.17) is 5.26 Å². The summed E-state index contributed by atoms with van der Waals surface area (Å²) in [6.07, 6.45) is 0. The van der Waals surface area contributed by atoms with E-state index in [1.165, 1.54) is 12.1 Å². The fourth-order valence-corrected chi connectivity index (χ4v) is 3.22. The Labute approximate surface area is 148 Å². The molecule has 7 heteroatoms. The third-order valence-electron chi connectivity index (χ3n) is 4.39. The van der Waals surface area contributed by atoms with Gasteiger partial charge in [-0.05, 0) is 36.8 Å². The Bertz CT molecular complexity index is 966. The molecule has 0 radical (unpaired) electrons. The largest absolute Gasteiger partial charge is 0.465 e. The Balaban J connectivity index is 2.14. The van der Waals surface area contributed by atoms with Crippen molar-refractivity contribution in [2.75, 3.05) is 12.4 Å². The number of nitrogens with one attached hydrogen (secondary N) is 1. The second kappa shape index (κ2) is 6.56. The predicted octanol–water partition coefficient (Wildman–Crippen LogP) is 3.40. The van der Waals surface area contributed by atoms with Crippen LogP contribution in [0.3, 0.4) is 0 Å². The van der Waals surface area contributed by atoms with Gasteiger partial charge in [0, 0.05) is 11.7 Å². The highest BCUT2D eigenvalue weighted by molar-refractivity contribution is 6.14. The number of carbonyl (C=O) groups is 2. The molecule has 2 aromatic carbocycles. The highest BCUT2D eigenvalue weighted by Gasteiger charge is 2.37. The molecule has 132 valence electrons. The van der Waals surface area contributed by atoms with Crippen LogP contribution in [-0.4, -0.2) is 24.9 Å². The number of hydrogen-bond acceptors (Lipinski definition) is 5. The summed E-state index contributed by atoms with van der Waals surface area (Å²) in [6.45, 7) is 1.70. The van der Waals surface area contributed by atoms with Crippen LogP contribution in [0.1, 0.15) is 44.7 Å². The van der Waals surface area contributed by atoms with Gasteiger partial charge in [-0.1, -0.05) is 6.07 Å². The van der Waals surface area contributed by atoms with Crippen molar-refractivity contribution in [3.8, 4) is 6.07 Å². The first-order chi connectivity index (χ1) is 12.4. The maximum atomic E-state index is 14.0. The second-order valence-corrected chi connectivity index (χ2v) is 5.99. The molecule has 0 bridgehead atoms. The molecule has 1 aliphatic rings. The summed E-state index contributed by atoms with van der Waals surface area (Å²) in [7, 11) is 1.14. The maximum Gasteiger partial charge on any atom is 0.338 e. The summed E-state index contributed by atoms with van der Waals surface area (Å²) in [4.78, 5) is 25.1. The van der Waals surface area contributed by atoms with Crippen LogP contribution >= 0.6 is 0 Å². The van der Waals surface area contributed by atoms with Crippen molar-refractivity contribution in [2.24, 2.45) is 0 Å². The number of Topliss-reactive ketones (excluding diaryl/α,β-unsaturated/α-hetero) is 1. The van der Waals surface area contributed by atoms with Crippen LogP contribution in [0.25, 0.3) is 0 Å². The number of nitrogens with zero attached hydrogens (tertiary/aromatic N) is 1. The minimum atomic E-state index is -0.838. The number of benzene rings is 2. The number of ether oxygens (including phenoxy) is 1. The number of hydrogen-bond donors (Lipinski definition) is 1. The average Bonchev–Trinajstić information content (AvgIpc) is 2.60. The number of halogens is 2. The van der Waals surface area contributed by atoms with Gasteiger partial charge in [-0.2, -0.15) is 5.26 Å². The molecule has 5 nitrogen and oxygen atoms in total. The molecule has 0 aliphatic carbocycles. The lowest BCUT2D eigenvalue weighted by Crippen LogP contribution is -2.37. The Morgan fingerprint density at radius 2 is 2.00 bits per heavy atom. The summed E-state index contributed by atoms with van der Waals surface area (Å²) in [5.74, 6) is -3.51. The average molecular weight is 356 g/mol. The third-order valence-corrected chi connectivity index (χ3v) is 4.39. The van der Waals surface area contributed by atoms with Gasteiger partial charge in [0.1, 0.15) is 17.7 Å². The van der Waals surface area contributed by atoms with Crippen molar-refractivity contribution in [1.82, 2.24) is 0 Å². The molecule has 2 unspecified atom stereocenters. The molecule has 1 heterocycles. The molecular formula is C19H14F2N2O3. The summed E-state index contributed by atoms with van der Waals surface area (Å²) < 4.78 is 32.5. The molecule has 26 heavy (non-hydrogen) atoms. The monoisotopic (exact) mass is 356 g/mol. The number of rotatable bonds is 2. The molecule has 0 saturated carbocycles. The number of carbonyl (C=O) groups excluding carboxylic acids is 2. The van der Waals surface area contributed by atoms with Crippen molar-refractivity contribution in [3.05, 3.63) is 64.2 Å². The van der Waals surface area contributed by atoms with Gasteiger partial charge in [0.2, 0.25) is 0 Å². The van der Waals surface area contributed by atoms with E-state index in [0.717, 1.165) is 25.3 Å². The van der Waals surface area contributed by atoms with Crippen molar-refractivity contribution in [1.29, 1.82) is 5.26 Å². The van der Waals surface area contributed by atoms with E-state index >= 15 is 0 Å². The second-order valence-electron chi connectivity index (χ2n) is 5.99. The van der Waals surface area contributed by atoms with Crippen molar-refractivity contribution >= 4 is 17.4 Å². The van der Waals surface area contributed by atoms with Crippen molar-refractivity contribution in [3.63, 3.8) is 0 Å². The fraction of sp³-hybridized carbons (Fsp3) is 0.211. The molecule has 1 aliphatic heterocycles. The van der Waals surface area contributed by atoms with E-state index in [9.17, 15) is 18.4 Å². The Morgan fingerprint density at radius 3 is 2.62 bits per heavy atom. The van der Waals surface area contributed by atoms with Crippen LogP contribution in [-0.2, 0) is 4.74 Å². The number of anilines is 1. The number of ketones is 1. The molecule has 0 aromatic heterocycles. The zero-order chi connectivity index (χ0) is 19.0. The van der Waals surface area contributed by atoms with E-state index in [0.29, 0.717) is 5.56 Å². The van der Waals surface area contributed by atoms with Crippen LogP contribution in [0.15, 0.2) is 30.3 Å². The van der Waals surface area contributed by atoms with E-state index in [-0.39, 0.29) is 22.4 Å². The summed E-state index contributed by atoms with van der Waals surface area (Å²) >= 11 is 0. The Morgan fingerprint density at radius 1 is 1.27 bits per heavy atom. The van der Waals surface area contributed by atoms with Crippen molar-refractivity contribution < 1.29 is 23.1 Å². The topological polar surface area (TPSA) is 79.2 Å². The minimum Gasteiger partial charge on any atom is -0.465 e. The third kappa shape index (κ3) is 2.80. The molecule has 2 atom stereocenters. The highest BCUT2D eigenvalue weighted by atomic mass is 19.1. The standard InChI is InChI=1S/C19H14F2N2O3/c1-9-16(10-3-4-11(8-22)14(21)5-10)18(24)17-13(19(25)26-2)6-12(20)7-15(17)23-9/h3-7,9,16,23H,1-2H3. The zero-order valence-electron chi connectivity index (χ0n) is 14.0. The van der Waals surface area contributed by atoms with Gasteiger partial charge in [0.05, 0.1) is 29.7 Å². The minimum absolute atomic E-state index is 0.00566. The summed E-state index contributed by atoms with van der Waals surface area (Å²) in [5.41, 5.74) is 0.234. The van der Waals surface area contributed by atoms with Gasteiger partial charge >= 0.3 is 5.97 Å². The van der Waals surface area contributed by atoms with Crippen LogP contribution in [0.2, 0.25) is 0 Å². The van der Waals surface area contributed by atoms with Crippen LogP contribution in [0, 0.1) is 23.0 Å². The lowest BCUT2D eigenvalue weighted by molar-refractivity contribution is 0.0595. The highest BCUT2D eigenvalue weighted by Crippen LogP contribution is 2.37. The van der Waals surface area contributed by atoms with Gasteiger partial charge in [-0.3, -0.25) is 4.79 Å². The lowest BCUT2D eigenvalue weighted by atomic mass is 9.80. The number of fused-ring (bicyclic) bond motifs is 1. The number of nitriles is 1. The normalized spacial score (nSPS) is 18.5. The SMILES string of the molecule is COC(=O)c1cc(F)cc2c1C(=O)C(c1ccc(C#N)c(F)c1)C(C)N2. The Kier molecular flexibility index (Phi) is 4.43. The summed E-state index contributed by atoms with van der Waals surface area (Å²) in [6, 6.07) is 7.24. The van der Waals surface area contributed by atoms with E-state index in [1.54, 1.807) is 13.0 Å².